The van der Waals surface area contributed by atoms with Crippen molar-refractivity contribution in [2.24, 2.45) is 5.92 Å². The van der Waals surface area contributed by atoms with Gasteiger partial charge in [0.05, 0.1) is 24.3 Å². The van der Waals surface area contributed by atoms with Crippen molar-refractivity contribution in [3.05, 3.63) is 23.4 Å². The second-order valence-electron chi connectivity index (χ2n) is 6.01. The van der Waals surface area contributed by atoms with E-state index >= 15 is 0 Å². The van der Waals surface area contributed by atoms with Gasteiger partial charge < -0.3 is 14.8 Å². The van der Waals surface area contributed by atoms with Crippen molar-refractivity contribution in [3.63, 3.8) is 0 Å². The lowest BCUT2D eigenvalue weighted by atomic mass is 9.95. The van der Waals surface area contributed by atoms with Gasteiger partial charge in [-0.25, -0.2) is 4.98 Å². The number of nitrogens with one attached hydrogen (secondary N) is 1. The number of rotatable bonds is 4. The standard InChI is InChI=1S/C16H22ClN3O3/c1-11(15(21)19-14-3-2-13(17)10-18-14)20-6-4-12(5-7-20)16-22-8-9-23-16/h2-3,10-12,16H,4-9H2,1H3,(H,18,19,21). The average Bonchev–Trinajstić information content (AvgIpc) is 3.11. The highest BCUT2D eigenvalue weighted by Crippen LogP contribution is 2.26. The van der Waals surface area contributed by atoms with E-state index in [0.717, 1.165) is 25.9 Å². The Hall–Kier alpha value is -1.21. The molecule has 3 rings (SSSR count). The summed E-state index contributed by atoms with van der Waals surface area (Å²) in [4.78, 5) is 18.6. The summed E-state index contributed by atoms with van der Waals surface area (Å²) in [6.45, 7) is 5.05. The van der Waals surface area contributed by atoms with Crippen LogP contribution < -0.4 is 5.32 Å². The first-order chi connectivity index (χ1) is 11.1. The Bertz CT molecular complexity index is 526. The highest BCUT2D eigenvalue weighted by atomic mass is 35.5. The number of halogens is 1. The molecule has 0 aromatic carbocycles. The van der Waals surface area contributed by atoms with Crippen molar-refractivity contribution < 1.29 is 14.3 Å². The van der Waals surface area contributed by atoms with E-state index in [-0.39, 0.29) is 18.2 Å². The molecule has 1 atom stereocenters. The van der Waals surface area contributed by atoms with Crippen molar-refractivity contribution >= 4 is 23.3 Å². The Labute approximate surface area is 141 Å². The van der Waals surface area contributed by atoms with E-state index in [0.29, 0.717) is 30.0 Å². The van der Waals surface area contributed by atoms with Gasteiger partial charge in [-0.1, -0.05) is 11.6 Å². The van der Waals surface area contributed by atoms with Crippen LogP contribution >= 0.6 is 11.6 Å². The second-order valence-corrected chi connectivity index (χ2v) is 6.45. The molecule has 126 valence electrons. The summed E-state index contributed by atoms with van der Waals surface area (Å²) in [6.07, 6.45) is 3.44. The third-order valence-corrected chi connectivity index (χ3v) is 4.74. The van der Waals surface area contributed by atoms with E-state index in [2.05, 4.69) is 15.2 Å². The van der Waals surface area contributed by atoms with Gasteiger partial charge in [0.15, 0.2) is 6.29 Å². The third kappa shape index (κ3) is 4.20. The average molecular weight is 340 g/mol. The van der Waals surface area contributed by atoms with Crippen molar-refractivity contribution in [2.45, 2.75) is 32.1 Å². The fourth-order valence-electron chi connectivity index (χ4n) is 3.07. The van der Waals surface area contributed by atoms with Crippen LogP contribution in [-0.2, 0) is 14.3 Å². The molecular formula is C16H22ClN3O3. The first-order valence-corrected chi connectivity index (χ1v) is 8.41. The molecule has 1 amide bonds. The van der Waals surface area contributed by atoms with Crippen LogP contribution in [0.1, 0.15) is 19.8 Å². The molecule has 1 aromatic rings. The summed E-state index contributed by atoms with van der Waals surface area (Å²) < 4.78 is 11.2. The number of hydrogen-bond acceptors (Lipinski definition) is 5. The molecular weight excluding hydrogens is 318 g/mol. The molecule has 0 aliphatic carbocycles. The number of carbonyl (C=O) groups excluding carboxylic acids is 1. The molecule has 2 fully saturated rings. The Kier molecular flexibility index (Phi) is 5.48. The van der Waals surface area contributed by atoms with Crippen LogP contribution in [-0.4, -0.2) is 54.4 Å². The normalized spacial score (nSPS) is 22.2. The van der Waals surface area contributed by atoms with Crippen LogP contribution in [0, 0.1) is 5.92 Å². The van der Waals surface area contributed by atoms with Gasteiger partial charge in [0.1, 0.15) is 5.82 Å². The summed E-state index contributed by atoms with van der Waals surface area (Å²) >= 11 is 5.80. The fraction of sp³-hybridized carbons (Fsp3) is 0.625. The van der Waals surface area contributed by atoms with Crippen molar-refractivity contribution in [3.8, 4) is 0 Å². The maximum Gasteiger partial charge on any atom is 0.242 e. The Morgan fingerprint density at radius 3 is 2.65 bits per heavy atom. The maximum absolute atomic E-state index is 12.4. The van der Waals surface area contributed by atoms with Crippen LogP contribution in [0.25, 0.3) is 0 Å². The third-order valence-electron chi connectivity index (χ3n) is 4.51. The zero-order valence-electron chi connectivity index (χ0n) is 13.2. The number of anilines is 1. The minimum absolute atomic E-state index is 0.0494. The van der Waals surface area contributed by atoms with E-state index in [4.69, 9.17) is 21.1 Å². The summed E-state index contributed by atoms with van der Waals surface area (Å²) in [6, 6.07) is 3.22. The van der Waals surface area contributed by atoms with Gasteiger partial charge in [-0.15, -0.1) is 0 Å². The molecule has 0 spiro atoms. The lowest BCUT2D eigenvalue weighted by molar-refractivity contribution is -0.123. The van der Waals surface area contributed by atoms with E-state index in [1.165, 1.54) is 6.20 Å². The molecule has 2 saturated heterocycles. The van der Waals surface area contributed by atoms with E-state index in [1.807, 2.05) is 6.92 Å². The molecule has 7 heteroatoms. The van der Waals surface area contributed by atoms with Gasteiger partial charge in [0.2, 0.25) is 5.91 Å². The smallest absolute Gasteiger partial charge is 0.242 e. The SMILES string of the molecule is CC(C(=O)Nc1ccc(Cl)cn1)N1CCC(C2OCCO2)CC1. The number of ether oxygens (including phenoxy) is 2. The topological polar surface area (TPSA) is 63.7 Å². The number of amides is 1. The molecule has 1 unspecified atom stereocenters. The number of nitrogens with zero attached hydrogens (tertiary/aromatic N) is 2. The molecule has 23 heavy (non-hydrogen) atoms. The zero-order valence-corrected chi connectivity index (χ0v) is 14.0. The van der Waals surface area contributed by atoms with Gasteiger partial charge in [-0.3, -0.25) is 9.69 Å². The molecule has 1 N–H and O–H groups in total. The number of piperidine rings is 1. The fourth-order valence-corrected chi connectivity index (χ4v) is 3.19. The van der Waals surface area contributed by atoms with E-state index in [9.17, 15) is 4.79 Å². The summed E-state index contributed by atoms with van der Waals surface area (Å²) in [5, 5.41) is 3.38. The number of pyridine rings is 1. The summed E-state index contributed by atoms with van der Waals surface area (Å²) in [5.74, 6) is 0.905. The predicted molar refractivity (Wildman–Crippen MR) is 87.3 cm³/mol. The second kappa shape index (κ2) is 7.57. The molecule has 2 aliphatic rings. The highest BCUT2D eigenvalue weighted by Gasteiger charge is 2.33. The summed E-state index contributed by atoms with van der Waals surface area (Å²) in [7, 11) is 0. The highest BCUT2D eigenvalue weighted by molar-refractivity contribution is 6.30. The van der Waals surface area contributed by atoms with Crippen molar-refractivity contribution in [1.29, 1.82) is 0 Å². The van der Waals surface area contributed by atoms with Gasteiger partial charge in [0.25, 0.3) is 0 Å². The Balaban J connectivity index is 1.49. The number of likely N-dealkylation sites (tertiary alicyclic amines) is 1. The predicted octanol–water partition coefficient (Wildman–Crippen LogP) is 2.15. The van der Waals surface area contributed by atoms with Crippen LogP contribution in [0.2, 0.25) is 5.02 Å². The van der Waals surface area contributed by atoms with E-state index < -0.39 is 0 Å². The van der Waals surface area contributed by atoms with Gasteiger partial charge >= 0.3 is 0 Å². The minimum atomic E-state index is -0.196. The lowest BCUT2D eigenvalue weighted by Gasteiger charge is -2.36. The molecule has 3 heterocycles. The van der Waals surface area contributed by atoms with Crippen LogP contribution in [0.15, 0.2) is 18.3 Å². The molecule has 0 bridgehead atoms. The quantitative estimate of drug-likeness (QED) is 0.910. The van der Waals surface area contributed by atoms with Crippen molar-refractivity contribution in [1.82, 2.24) is 9.88 Å². The maximum atomic E-state index is 12.4. The van der Waals surface area contributed by atoms with Gasteiger partial charge in [-0.2, -0.15) is 0 Å². The van der Waals surface area contributed by atoms with E-state index in [1.54, 1.807) is 12.1 Å². The molecule has 1 aromatic heterocycles. The number of hydrogen-bond donors (Lipinski definition) is 1. The molecule has 0 radical (unpaired) electrons. The monoisotopic (exact) mass is 339 g/mol. The molecule has 0 saturated carbocycles. The van der Waals surface area contributed by atoms with Crippen LogP contribution in [0.5, 0.6) is 0 Å². The first kappa shape index (κ1) is 16.6. The molecule has 2 aliphatic heterocycles. The van der Waals surface area contributed by atoms with Gasteiger partial charge in [0, 0.05) is 12.1 Å². The number of aromatic nitrogens is 1. The van der Waals surface area contributed by atoms with Crippen molar-refractivity contribution in [2.75, 3.05) is 31.6 Å². The Morgan fingerprint density at radius 2 is 2.04 bits per heavy atom. The summed E-state index contributed by atoms with van der Waals surface area (Å²) in [5.41, 5.74) is 0. The van der Waals surface area contributed by atoms with Crippen LogP contribution in [0.4, 0.5) is 5.82 Å². The molecule has 6 nitrogen and oxygen atoms in total. The first-order valence-electron chi connectivity index (χ1n) is 8.03. The van der Waals surface area contributed by atoms with Gasteiger partial charge in [-0.05, 0) is 45.0 Å². The number of carbonyl (C=O) groups is 1. The Morgan fingerprint density at radius 1 is 1.35 bits per heavy atom. The lowest BCUT2D eigenvalue weighted by Crippen LogP contribution is -2.47. The van der Waals surface area contributed by atoms with Crippen LogP contribution in [0.3, 0.4) is 0 Å². The minimum Gasteiger partial charge on any atom is -0.350 e. The largest absolute Gasteiger partial charge is 0.350 e. The zero-order chi connectivity index (χ0) is 16.2.